The van der Waals surface area contributed by atoms with Crippen molar-refractivity contribution in [2.75, 3.05) is 20.3 Å². The van der Waals surface area contributed by atoms with Crippen molar-refractivity contribution in [3.8, 4) is 0 Å². The summed E-state index contributed by atoms with van der Waals surface area (Å²) in [4.78, 5) is 30.5. The molecular weight excluding hydrogens is 482 g/mol. The number of pyridine rings is 1. The number of furan rings is 1. The van der Waals surface area contributed by atoms with E-state index in [1.54, 1.807) is 12.1 Å². The van der Waals surface area contributed by atoms with Crippen molar-refractivity contribution < 1.29 is 23.2 Å². The van der Waals surface area contributed by atoms with Crippen LogP contribution in [0.1, 0.15) is 21.6 Å². The van der Waals surface area contributed by atoms with Gasteiger partial charge in [-0.1, -0.05) is 6.07 Å². The zero-order valence-corrected chi connectivity index (χ0v) is 17.4. The minimum Gasteiger partial charge on any atom is -0.463 e. The molecule has 0 saturated heterocycles. The fourth-order valence-electron chi connectivity index (χ4n) is 2.85. The lowest BCUT2D eigenvalue weighted by Gasteiger charge is -2.15. The molecule has 2 aromatic heterocycles. The molecule has 0 fully saturated rings. The van der Waals surface area contributed by atoms with Crippen LogP contribution in [0, 0.1) is 9.39 Å². The Labute approximate surface area is 173 Å². The molecule has 0 spiro atoms. The second kappa shape index (κ2) is 8.84. The standard InChI is InChI=1S/C19H18FIN2O5/c1-23-15(9-11-3-4-12(21)10-14(11)20)16(18(24)22-28-8-7-26-2)17-13(19(23)25)5-6-27-17/h3-6,10H,7-9H2,1-2H3,(H,22,24). The molecule has 2 heterocycles. The number of rotatable bonds is 7. The molecule has 0 bridgehead atoms. The number of aromatic nitrogens is 1. The molecule has 0 aliphatic heterocycles. The highest BCUT2D eigenvalue weighted by molar-refractivity contribution is 14.1. The summed E-state index contributed by atoms with van der Waals surface area (Å²) in [6.07, 6.45) is 1.37. The number of benzene rings is 1. The summed E-state index contributed by atoms with van der Waals surface area (Å²) >= 11 is 2.01. The highest BCUT2D eigenvalue weighted by atomic mass is 127. The monoisotopic (exact) mass is 500 g/mol. The first-order chi connectivity index (χ1) is 13.4. The van der Waals surface area contributed by atoms with E-state index in [1.807, 2.05) is 22.6 Å². The summed E-state index contributed by atoms with van der Waals surface area (Å²) in [5.41, 5.74) is 2.93. The summed E-state index contributed by atoms with van der Waals surface area (Å²) in [5.74, 6) is -1.01. The third-order valence-electron chi connectivity index (χ3n) is 4.28. The number of carbonyl (C=O) groups excluding carboxylic acids is 1. The van der Waals surface area contributed by atoms with Crippen LogP contribution in [0.3, 0.4) is 0 Å². The molecule has 0 saturated carbocycles. The Kier molecular flexibility index (Phi) is 6.47. The third-order valence-corrected chi connectivity index (χ3v) is 4.95. The van der Waals surface area contributed by atoms with Gasteiger partial charge in [0.15, 0.2) is 5.58 Å². The fraction of sp³-hybridized carbons (Fsp3) is 0.263. The fourth-order valence-corrected chi connectivity index (χ4v) is 3.31. The third kappa shape index (κ3) is 4.10. The molecule has 0 aliphatic carbocycles. The minimum absolute atomic E-state index is 0.0337. The maximum absolute atomic E-state index is 14.4. The maximum Gasteiger partial charge on any atom is 0.280 e. The van der Waals surface area contributed by atoms with Gasteiger partial charge in [-0.3, -0.25) is 14.4 Å². The number of hydrogen-bond donors (Lipinski definition) is 1. The van der Waals surface area contributed by atoms with Crippen LogP contribution in [0.2, 0.25) is 0 Å². The van der Waals surface area contributed by atoms with E-state index in [0.29, 0.717) is 17.9 Å². The second-order valence-corrected chi connectivity index (χ2v) is 7.28. The molecule has 0 atom stereocenters. The maximum atomic E-state index is 14.4. The Morgan fingerprint density at radius 2 is 2.11 bits per heavy atom. The van der Waals surface area contributed by atoms with Crippen LogP contribution >= 0.6 is 22.6 Å². The Hall–Kier alpha value is -2.24. The van der Waals surface area contributed by atoms with E-state index in [4.69, 9.17) is 14.0 Å². The van der Waals surface area contributed by atoms with Crippen molar-refractivity contribution in [3.63, 3.8) is 0 Å². The number of nitrogens with zero attached hydrogens (tertiary/aromatic N) is 1. The molecule has 28 heavy (non-hydrogen) atoms. The summed E-state index contributed by atoms with van der Waals surface area (Å²) in [6, 6.07) is 6.28. The van der Waals surface area contributed by atoms with Gasteiger partial charge >= 0.3 is 0 Å². The van der Waals surface area contributed by atoms with E-state index in [-0.39, 0.29) is 35.1 Å². The molecule has 148 valence electrons. The molecule has 0 radical (unpaired) electrons. The highest BCUT2D eigenvalue weighted by Crippen LogP contribution is 2.24. The Balaban J connectivity index is 2.08. The number of halogens is 2. The number of amides is 1. The molecule has 3 rings (SSSR count). The van der Waals surface area contributed by atoms with Gasteiger partial charge in [0.2, 0.25) is 0 Å². The molecule has 1 N–H and O–H groups in total. The lowest BCUT2D eigenvalue weighted by atomic mass is 10.0. The van der Waals surface area contributed by atoms with Gasteiger partial charge in [-0.05, 0) is 46.4 Å². The summed E-state index contributed by atoms with van der Waals surface area (Å²) in [6.45, 7) is 0.445. The first kappa shape index (κ1) is 20.5. The van der Waals surface area contributed by atoms with E-state index in [9.17, 15) is 14.0 Å². The number of hydroxylamine groups is 1. The smallest absolute Gasteiger partial charge is 0.280 e. The number of nitrogens with one attached hydrogen (secondary N) is 1. The first-order valence-corrected chi connectivity index (χ1v) is 9.46. The lowest BCUT2D eigenvalue weighted by molar-refractivity contribution is 0.00883. The van der Waals surface area contributed by atoms with Gasteiger partial charge < -0.3 is 13.7 Å². The van der Waals surface area contributed by atoms with Crippen LogP contribution in [0.25, 0.3) is 11.0 Å². The van der Waals surface area contributed by atoms with E-state index >= 15 is 0 Å². The van der Waals surface area contributed by atoms with Crippen molar-refractivity contribution >= 4 is 39.5 Å². The van der Waals surface area contributed by atoms with Crippen LogP contribution < -0.4 is 11.0 Å². The van der Waals surface area contributed by atoms with Crippen molar-refractivity contribution in [2.24, 2.45) is 7.05 Å². The van der Waals surface area contributed by atoms with Crippen LogP contribution in [0.5, 0.6) is 0 Å². The average molecular weight is 500 g/mol. The molecule has 1 aromatic carbocycles. The SMILES string of the molecule is COCCONC(=O)c1c(Cc2ccc(I)cc2F)n(C)c(=O)c2ccoc12. The number of fused-ring (bicyclic) bond motifs is 1. The Bertz CT molecular complexity index is 1080. The van der Waals surface area contributed by atoms with Gasteiger partial charge in [0.05, 0.1) is 24.9 Å². The Morgan fingerprint density at radius 1 is 1.32 bits per heavy atom. The molecule has 7 nitrogen and oxygen atoms in total. The molecule has 0 aliphatic rings. The van der Waals surface area contributed by atoms with Crippen molar-refractivity contribution in [2.45, 2.75) is 6.42 Å². The predicted molar refractivity (Wildman–Crippen MR) is 109 cm³/mol. The van der Waals surface area contributed by atoms with Gasteiger partial charge in [0, 0.05) is 29.8 Å². The zero-order valence-electron chi connectivity index (χ0n) is 15.3. The number of ether oxygens (including phenoxy) is 1. The molecule has 9 heteroatoms. The molecule has 0 unspecified atom stereocenters. The van der Waals surface area contributed by atoms with Crippen LogP contribution in [0.4, 0.5) is 4.39 Å². The quantitative estimate of drug-likeness (QED) is 0.307. The van der Waals surface area contributed by atoms with Gasteiger partial charge in [-0.2, -0.15) is 0 Å². The van der Waals surface area contributed by atoms with Crippen molar-refractivity contribution in [1.29, 1.82) is 0 Å². The van der Waals surface area contributed by atoms with Crippen LogP contribution in [0.15, 0.2) is 39.7 Å². The van der Waals surface area contributed by atoms with Gasteiger partial charge in [0.25, 0.3) is 11.5 Å². The van der Waals surface area contributed by atoms with Gasteiger partial charge in [-0.25, -0.2) is 9.87 Å². The number of methoxy groups -OCH3 is 1. The first-order valence-electron chi connectivity index (χ1n) is 8.38. The normalized spacial score (nSPS) is 11.1. The average Bonchev–Trinajstić information content (AvgIpc) is 3.14. The largest absolute Gasteiger partial charge is 0.463 e. The van der Waals surface area contributed by atoms with E-state index in [1.165, 1.54) is 37.1 Å². The second-order valence-electron chi connectivity index (χ2n) is 6.03. The van der Waals surface area contributed by atoms with Crippen molar-refractivity contribution in [1.82, 2.24) is 10.0 Å². The lowest BCUT2D eigenvalue weighted by Crippen LogP contribution is -2.31. The van der Waals surface area contributed by atoms with E-state index in [0.717, 1.165) is 3.57 Å². The van der Waals surface area contributed by atoms with Crippen molar-refractivity contribution in [3.05, 3.63) is 67.1 Å². The predicted octanol–water partition coefficient (Wildman–Crippen LogP) is 2.77. The Morgan fingerprint density at radius 3 is 2.82 bits per heavy atom. The van der Waals surface area contributed by atoms with Gasteiger partial charge in [-0.15, -0.1) is 0 Å². The highest BCUT2D eigenvalue weighted by Gasteiger charge is 2.24. The van der Waals surface area contributed by atoms with E-state index < -0.39 is 11.7 Å². The van der Waals surface area contributed by atoms with Crippen LogP contribution in [-0.4, -0.2) is 30.8 Å². The summed E-state index contributed by atoms with van der Waals surface area (Å²) in [7, 11) is 3.05. The topological polar surface area (TPSA) is 82.7 Å². The number of hydrogen-bond acceptors (Lipinski definition) is 5. The minimum atomic E-state index is -0.590. The molecular formula is C19H18FIN2O5. The molecule has 1 amide bonds. The molecule has 3 aromatic rings. The van der Waals surface area contributed by atoms with Crippen LogP contribution in [-0.2, 0) is 23.0 Å². The van der Waals surface area contributed by atoms with Gasteiger partial charge in [0.1, 0.15) is 11.4 Å². The number of carbonyl (C=O) groups is 1. The summed E-state index contributed by atoms with van der Waals surface area (Å²) in [5, 5.41) is 0.261. The summed E-state index contributed by atoms with van der Waals surface area (Å²) < 4.78 is 26.7. The zero-order chi connectivity index (χ0) is 20.3. The van der Waals surface area contributed by atoms with E-state index in [2.05, 4.69) is 5.48 Å².